The molecule has 0 bridgehead atoms. The molecule has 1 atom stereocenters. The molecule has 5 heteroatoms. The smallest absolute Gasteiger partial charge is 0.233 e. The van der Waals surface area contributed by atoms with E-state index < -0.39 is 17.2 Å². The van der Waals surface area contributed by atoms with Crippen molar-refractivity contribution in [3.8, 4) is 0 Å². The first-order valence-corrected chi connectivity index (χ1v) is 5.10. The maximum absolute atomic E-state index is 11.2. The van der Waals surface area contributed by atoms with Crippen LogP contribution in [-0.4, -0.2) is 11.8 Å². The van der Waals surface area contributed by atoms with Crippen molar-refractivity contribution in [2.75, 3.05) is 0 Å². The van der Waals surface area contributed by atoms with Gasteiger partial charge >= 0.3 is 0 Å². The van der Waals surface area contributed by atoms with Gasteiger partial charge in [0.25, 0.3) is 0 Å². The Morgan fingerprint density at radius 1 is 1.43 bits per heavy atom. The number of thiophene rings is 1. The molecule has 4 N–H and O–H groups in total. The Balaban J connectivity index is 2.30. The van der Waals surface area contributed by atoms with Crippen molar-refractivity contribution in [1.29, 1.82) is 0 Å². The van der Waals surface area contributed by atoms with Crippen LogP contribution in [0.25, 0.3) is 0 Å². The molecule has 1 fully saturated rings. The summed E-state index contributed by atoms with van der Waals surface area (Å²) in [4.78, 5) is 23.3. The molecule has 74 valence electrons. The highest BCUT2D eigenvalue weighted by Gasteiger charge is 2.64. The minimum Gasteiger partial charge on any atom is -0.369 e. The molecule has 1 saturated carbocycles. The molecule has 0 aromatic carbocycles. The predicted octanol–water partition coefficient (Wildman–Crippen LogP) is 0.192. The van der Waals surface area contributed by atoms with Crippen LogP contribution >= 0.6 is 11.3 Å². The molecule has 0 spiro atoms. The first-order valence-electron chi connectivity index (χ1n) is 4.22. The number of hydrogen-bond donors (Lipinski definition) is 2. The Bertz CT molecular complexity index is 372. The monoisotopic (exact) mass is 210 g/mol. The quantitative estimate of drug-likeness (QED) is 0.698. The zero-order chi connectivity index (χ0) is 10.3. The van der Waals surface area contributed by atoms with Crippen LogP contribution in [0.15, 0.2) is 17.5 Å². The van der Waals surface area contributed by atoms with E-state index in [1.165, 1.54) is 11.3 Å². The van der Waals surface area contributed by atoms with Gasteiger partial charge < -0.3 is 11.5 Å². The third kappa shape index (κ3) is 1.05. The summed E-state index contributed by atoms with van der Waals surface area (Å²) in [6.45, 7) is 0. The molecule has 1 heterocycles. The summed E-state index contributed by atoms with van der Waals surface area (Å²) in [5, 5.41) is 1.90. The number of amides is 2. The van der Waals surface area contributed by atoms with Crippen molar-refractivity contribution in [2.45, 2.75) is 12.3 Å². The lowest BCUT2D eigenvalue weighted by molar-refractivity contribution is -0.133. The van der Waals surface area contributed by atoms with E-state index in [4.69, 9.17) is 11.5 Å². The van der Waals surface area contributed by atoms with Gasteiger partial charge in [0.2, 0.25) is 11.8 Å². The van der Waals surface area contributed by atoms with Gasteiger partial charge in [0, 0.05) is 10.8 Å². The van der Waals surface area contributed by atoms with Gasteiger partial charge in [-0.2, -0.15) is 0 Å². The molecule has 1 aromatic heterocycles. The summed E-state index contributed by atoms with van der Waals surface area (Å²) in [7, 11) is 0. The van der Waals surface area contributed by atoms with Crippen molar-refractivity contribution < 1.29 is 9.59 Å². The molecule has 1 aromatic rings. The molecule has 2 amide bonds. The van der Waals surface area contributed by atoms with Crippen molar-refractivity contribution >= 4 is 23.2 Å². The fourth-order valence-corrected chi connectivity index (χ4v) is 2.68. The van der Waals surface area contributed by atoms with Crippen molar-refractivity contribution in [1.82, 2.24) is 0 Å². The Hall–Kier alpha value is -1.36. The van der Waals surface area contributed by atoms with E-state index in [2.05, 4.69) is 0 Å². The fraction of sp³-hybridized carbons (Fsp3) is 0.333. The van der Waals surface area contributed by atoms with Gasteiger partial charge in [-0.05, 0) is 17.9 Å². The van der Waals surface area contributed by atoms with E-state index in [0.29, 0.717) is 6.42 Å². The van der Waals surface area contributed by atoms with Gasteiger partial charge in [-0.15, -0.1) is 11.3 Å². The molecule has 0 saturated heterocycles. The SMILES string of the molecule is NC(=O)C1(C(N)=O)CC1c1cccs1. The predicted molar refractivity (Wildman–Crippen MR) is 52.5 cm³/mol. The highest BCUT2D eigenvalue weighted by atomic mass is 32.1. The minimum atomic E-state index is -1.12. The number of hydrogen-bond acceptors (Lipinski definition) is 3. The molecule has 1 unspecified atom stereocenters. The maximum Gasteiger partial charge on any atom is 0.233 e. The van der Waals surface area contributed by atoms with Crippen molar-refractivity contribution in [3.05, 3.63) is 22.4 Å². The second-order valence-electron chi connectivity index (χ2n) is 3.47. The van der Waals surface area contributed by atoms with E-state index in [9.17, 15) is 9.59 Å². The molecule has 1 aliphatic carbocycles. The molecular formula is C9H10N2O2S. The molecular weight excluding hydrogens is 200 g/mol. The van der Waals surface area contributed by atoms with Crippen LogP contribution in [0.5, 0.6) is 0 Å². The largest absolute Gasteiger partial charge is 0.369 e. The topological polar surface area (TPSA) is 86.2 Å². The summed E-state index contributed by atoms with van der Waals surface area (Å²) >= 11 is 1.52. The van der Waals surface area contributed by atoms with Crippen LogP contribution in [0.4, 0.5) is 0 Å². The maximum atomic E-state index is 11.2. The Morgan fingerprint density at radius 2 is 2.07 bits per heavy atom. The first-order chi connectivity index (χ1) is 6.59. The van der Waals surface area contributed by atoms with Crippen LogP contribution in [0.1, 0.15) is 17.2 Å². The zero-order valence-corrected chi connectivity index (χ0v) is 8.21. The normalized spacial score (nSPS) is 23.0. The van der Waals surface area contributed by atoms with Crippen LogP contribution < -0.4 is 11.5 Å². The van der Waals surface area contributed by atoms with Gasteiger partial charge in [0.05, 0.1) is 0 Å². The third-order valence-electron chi connectivity index (χ3n) is 2.73. The van der Waals surface area contributed by atoms with E-state index in [1.807, 2.05) is 17.5 Å². The minimum absolute atomic E-state index is 0.0995. The lowest BCUT2D eigenvalue weighted by atomic mass is 10.0. The highest BCUT2D eigenvalue weighted by Crippen LogP contribution is 2.59. The van der Waals surface area contributed by atoms with Gasteiger partial charge in [-0.25, -0.2) is 0 Å². The average molecular weight is 210 g/mol. The number of primary amides is 2. The number of carbonyl (C=O) groups excluding carboxylic acids is 2. The lowest BCUT2D eigenvalue weighted by Crippen LogP contribution is -2.38. The summed E-state index contributed by atoms with van der Waals surface area (Å²) in [5.41, 5.74) is 9.27. The molecule has 1 aliphatic rings. The molecule has 14 heavy (non-hydrogen) atoms. The third-order valence-corrected chi connectivity index (χ3v) is 3.71. The van der Waals surface area contributed by atoms with Crippen LogP contribution in [0.2, 0.25) is 0 Å². The zero-order valence-electron chi connectivity index (χ0n) is 7.40. The molecule has 4 nitrogen and oxygen atoms in total. The highest BCUT2D eigenvalue weighted by molar-refractivity contribution is 7.10. The van der Waals surface area contributed by atoms with Crippen LogP contribution in [0, 0.1) is 5.41 Å². The average Bonchev–Trinajstić information content (AvgIpc) is 2.66. The second-order valence-corrected chi connectivity index (χ2v) is 4.45. The van der Waals surface area contributed by atoms with E-state index in [0.717, 1.165) is 4.88 Å². The summed E-state index contributed by atoms with van der Waals surface area (Å²) in [6, 6.07) is 3.77. The molecule has 0 radical (unpaired) electrons. The lowest BCUT2D eigenvalue weighted by Gasteiger charge is -2.06. The van der Waals surface area contributed by atoms with E-state index in [-0.39, 0.29) is 5.92 Å². The molecule has 2 rings (SSSR count). The molecule has 0 aliphatic heterocycles. The fourth-order valence-electron chi connectivity index (χ4n) is 1.76. The first kappa shape index (κ1) is 9.21. The summed E-state index contributed by atoms with van der Waals surface area (Å²) in [5.74, 6) is -1.32. The van der Waals surface area contributed by atoms with Crippen molar-refractivity contribution in [2.24, 2.45) is 16.9 Å². The summed E-state index contributed by atoms with van der Waals surface area (Å²) < 4.78 is 0. The van der Waals surface area contributed by atoms with Gasteiger partial charge in [-0.1, -0.05) is 6.07 Å². The Labute approximate surface area is 84.9 Å². The second kappa shape index (κ2) is 2.81. The van der Waals surface area contributed by atoms with Gasteiger partial charge in [0.15, 0.2) is 0 Å². The van der Waals surface area contributed by atoms with Crippen LogP contribution in [-0.2, 0) is 9.59 Å². The summed E-state index contributed by atoms with van der Waals surface area (Å²) in [6.07, 6.45) is 0.457. The Morgan fingerprint density at radius 3 is 2.43 bits per heavy atom. The van der Waals surface area contributed by atoms with E-state index in [1.54, 1.807) is 0 Å². The number of nitrogens with two attached hydrogens (primary N) is 2. The number of carbonyl (C=O) groups is 2. The number of rotatable bonds is 3. The van der Waals surface area contributed by atoms with Gasteiger partial charge in [-0.3, -0.25) is 9.59 Å². The van der Waals surface area contributed by atoms with Crippen molar-refractivity contribution in [3.63, 3.8) is 0 Å². The van der Waals surface area contributed by atoms with E-state index >= 15 is 0 Å². The van der Waals surface area contributed by atoms with Gasteiger partial charge in [0.1, 0.15) is 5.41 Å². The van der Waals surface area contributed by atoms with Crippen LogP contribution in [0.3, 0.4) is 0 Å². The standard InChI is InChI=1S/C9H10N2O2S/c10-7(12)9(8(11)13)4-5(9)6-2-1-3-14-6/h1-3,5H,4H2,(H2,10,12)(H2,11,13). The Kier molecular flexibility index (Phi) is 1.85.